The summed E-state index contributed by atoms with van der Waals surface area (Å²) in [6.07, 6.45) is -2.81. The number of carbonyl (C=O) groups is 3. The molecule has 6 nitrogen and oxygen atoms in total. The minimum Gasteiger partial charge on any atom is -0.460 e. The maximum absolute atomic E-state index is 14.0. The molecule has 44 heavy (non-hydrogen) atoms. The first kappa shape index (κ1) is 31.3. The van der Waals surface area contributed by atoms with Gasteiger partial charge in [0.2, 0.25) is 5.91 Å². The van der Waals surface area contributed by atoms with E-state index in [0.29, 0.717) is 43.6 Å². The SMILES string of the molecule is C[C@@H]([C@@H](C(=O)Nc1cccc(CC2(C(=O)OC(C)(C)C)CC2)c1)c1ccc(CN2Cc3ccccc3C2=O)cc1)C(F)(F)F. The highest BCUT2D eigenvalue weighted by atomic mass is 19.4. The molecule has 2 aliphatic rings. The zero-order valence-electron chi connectivity index (χ0n) is 25.3. The summed E-state index contributed by atoms with van der Waals surface area (Å²) in [7, 11) is 0. The molecule has 232 valence electrons. The van der Waals surface area contributed by atoms with Crippen LogP contribution in [0.5, 0.6) is 0 Å². The summed E-state index contributed by atoms with van der Waals surface area (Å²) >= 11 is 0. The van der Waals surface area contributed by atoms with Crippen molar-refractivity contribution in [3.63, 3.8) is 0 Å². The van der Waals surface area contributed by atoms with Crippen molar-refractivity contribution in [3.8, 4) is 0 Å². The third-order valence-electron chi connectivity index (χ3n) is 8.33. The molecular weight excluding hydrogens is 569 g/mol. The van der Waals surface area contributed by atoms with Crippen molar-refractivity contribution in [1.82, 2.24) is 4.90 Å². The van der Waals surface area contributed by atoms with Crippen molar-refractivity contribution in [2.75, 3.05) is 5.32 Å². The molecule has 1 heterocycles. The topological polar surface area (TPSA) is 75.7 Å². The van der Waals surface area contributed by atoms with Crippen LogP contribution in [0.3, 0.4) is 0 Å². The largest absolute Gasteiger partial charge is 0.460 e. The number of halogens is 3. The van der Waals surface area contributed by atoms with E-state index >= 15 is 0 Å². The van der Waals surface area contributed by atoms with Crippen LogP contribution in [0.2, 0.25) is 0 Å². The molecule has 1 aliphatic carbocycles. The molecule has 5 rings (SSSR count). The lowest BCUT2D eigenvalue weighted by Crippen LogP contribution is -2.34. The van der Waals surface area contributed by atoms with E-state index in [0.717, 1.165) is 23.6 Å². The standard InChI is InChI=1S/C35H37F3N2O4/c1-22(35(36,37)38)29(25-14-12-23(13-15-25)20-40-21-26-9-5-6-11-28(26)31(40)42)30(41)39-27-10-7-8-24(18-27)19-34(16-17-34)32(43)44-33(2,3)4/h5-15,18,22,29H,16-17,19-21H2,1-4H3,(H,39,41)/t22-,29+/m0/s1. The molecule has 1 saturated carbocycles. The lowest BCUT2D eigenvalue weighted by atomic mass is 9.85. The van der Waals surface area contributed by atoms with Crippen LogP contribution in [0.15, 0.2) is 72.8 Å². The molecule has 0 radical (unpaired) electrons. The lowest BCUT2D eigenvalue weighted by molar-refractivity contribution is -0.178. The maximum atomic E-state index is 14.0. The number of nitrogens with zero attached hydrogens (tertiary/aromatic N) is 1. The molecule has 1 aliphatic heterocycles. The molecular formula is C35H37F3N2O4. The normalized spacial score (nSPS) is 17.1. The van der Waals surface area contributed by atoms with Crippen LogP contribution < -0.4 is 5.32 Å². The van der Waals surface area contributed by atoms with Crippen LogP contribution in [0.4, 0.5) is 18.9 Å². The molecule has 2 amide bonds. The summed E-state index contributed by atoms with van der Waals surface area (Å²) in [5.41, 5.74) is 2.48. The molecule has 3 aromatic carbocycles. The van der Waals surface area contributed by atoms with Crippen molar-refractivity contribution in [2.45, 2.75) is 77.7 Å². The predicted molar refractivity (Wildman–Crippen MR) is 161 cm³/mol. The van der Waals surface area contributed by atoms with E-state index in [2.05, 4.69) is 5.32 Å². The Morgan fingerprint density at radius 2 is 1.64 bits per heavy atom. The van der Waals surface area contributed by atoms with Gasteiger partial charge in [-0.05, 0) is 80.5 Å². The molecule has 9 heteroatoms. The van der Waals surface area contributed by atoms with Crippen LogP contribution in [0, 0.1) is 11.3 Å². The van der Waals surface area contributed by atoms with Crippen LogP contribution >= 0.6 is 0 Å². The quantitative estimate of drug-likeness (QED) is 0.257. The predicted octanol–water partition coefficient (Wildman–Crippen LogP) is 7.43. The summed E-state index contributed by atoms with van der Waals surface area (Å²) in [6.45, 7) is 7.22. The van der Waals surface area contributed by atoms with Gasteiger partial charge in [0.05, 0.1) is 17.3 Å². The smallest absolute Gasteiger partial charge is 0.392 e. The number of benzene rings is 3. The number of fused-ring (bicyclic) bond motifs is 1. The number of nitrogens with one attached hydrogen (secondary N) is 1. The summed E-state index contributed by atoms with van der Waals surface area (Å²) < 4.78 is 47.6. The first-order valence-electron chi connectivity index (χ1n) is 14.8. The van der Waals surface area contributed by atoms with Crippen LogP contribution in [-0.2, 0) is 33.8 Å². The fraction of sp³-hybridized carbons (Fsp3) is 0.400. The Morgan fingerprint density at radius 3 is 2.25 bits per heavy atom. The Kier molecular flexibility index (Phi) is 8.35. The Labute approximate surface area is 255 Å². The number of alkyl halides is 3. The number of hydrogen-bond donors (Lipinski definition) is 1. The zero-order valence-corrected chi connectivity index (χ0v) is 25.3. The Bertz CT molecular complexity index is 1560. The van der Waals surface area contributed by atoms with Crippen LogP contribution in [0.25, 0.3) is 0 Å². The van der Waals surface area contributed by atoms with Gasteiger partial charge >= 0.3 is 12.1 Å². The fourth-order valence-electron chi connectivity index (χ4n) is 5.71. The van der Waals surface area contributed by atoms with Gasteiger partial charge in [-0.2, -0.15) is 13.2 Å². The van der Waals surface area contributed by atoms with Crippen molar-refractivity contribution in [3.05, 3.63) is 101 Å². The highest BCUT2D eigenvalue weighted by molar-refractivity contribution is 5.98. The summed E-state index contributed by atoms with van der Waals surface area (Å²) in [6, 6.07) is 20.6. The van der Waals surface area contributed by atoms with Crippen molar-refractivity contribution >= 4 is 23.5 Å². The maximum Gasteiger partial charge on any atom is 0.392 e. The molecule has 2 atom stereocenters. The van der Waals surface area contributed by atoms with Crippen molar-refractivity contribution in [1.29, 1.82) is 0 Å². The van der Waals surface area contributed by atoms with Gasteiger partial charge in [0, 0.05) is 24.3 Å². The molecule has 1 fully saturated rings. The van der Waals surface area contributed by atoms with E-state index in [1.54, 1.807) is 41.3 Å². The Morgan fingerprint density at radius 1 is 0.955 bits per heavy atom. The van der Waals surface area contributed by atoms with E-state index in [1.165, 1.54) is 12.1 Å². The summed E-state index contributed by atoms with van der Waals surface area (Å²) in [5, 5.41) is 2.69. The molecule has 0 saturated heterocycles. The van der Waals surface area contributed by atoms with Crippen molar-refractivity contribution < 1.29 is 32.3 Å². The number of esters is 1. The van der Waals surface area contributed by atoms with Gasteiger partial charge in [0.15, 0.2) is 0 Å². The average molecular weight is 607 g/mol. The zero-order chi connectivity index (χ0) is 31.9. The lowest BCUT2D eigenvalue weighted by Gasteiger charge is -2.26. The number of anilines is 1. The molecule has 3 aromatic rings. The number of amides is 2. The third kappa shape index (κ3) is 6.98. The third-order valence-corrected chi connectivity index (χ3v) is 8.33. The van der Waals surface area contributed by atoms with Crippen LogP contribution in [-0.4, -0.2) is 34.5 Å². The summed E-state index contributed by atoms with van der Waals surface area (Å²) in [5.74, 6) is -4.58. The highest BCUT2D eigenvalue weighted by Gasteiger charge is 2.52. The molecule has 1 N–H and O–H groups in total. The molecule has 0 spiro atoms. The van der Waals surface area contributed by atoms with E-state index < -0.39 is 34.9 Å². The molecule has 0 unspecified atom stereocenters. The van der Waals surface area contributed by atoms with Gasteiger partial charge in [0.25, 0.3) is 5.91 Å². The van der Waals surface area contributed by atoms with E-state index in [1.807, 2.05) is 45.0 Å². The fourth-order valence-corrected chi connectivity index (χ4v) is 5.71. The monoisotopic (exact) mass is 606 g/mol. The van der Waals surface area contributed by atoms with Gasteiger partial charge in [0.1, 0.15) is 5.60 Å². The number of ether oxygens (including phenoxy) is 1. The van der Waals surface area contributed by atoms with Gasteiger partial charge in [-0.15, -0.1) is 0 Å². The first-order chi connectivity index (χ1) is 20.6. The second-order valence-electron chi connectivity index (χ2n) is 13.0. The van der Waals surface area contributed by atoms with Gasteiger partial charge in [-0.3, -0.25) is 14.4 Å². The number of rotatable bonds is 9. The highest BCUT2D eigenvalue weighted by Crippen LogP contribution is 2.50. The molecule has 0 aromatic heterocycles. The Balaban J connectivity index is 1.30. The minimum absolute atomic E-state index is 0.0893. The average Bonchev–Trinajstić information content (AvgIpc) is 3.66. The minimum atomic E-state index is -4.61. The second-order valence-corrected chi connectivity index (χ2v) is 13.0. The van der Waals surface area contributed by atoms with Gasteiger partial charge < -0.3 is 15.0 Å². The van der Waals surface area contributed by atoms with Gasteiger partial charge in [-0.1, -0.05) is 61.5 Å². The van der Waals surface area contributed by atoms with Crippen LogP contribution in [0.1, 0.15) is 79.1 Å². The number of hydrogen-bond acceptors (Lipinski definition) is 4. The first-order valence-corrected chi connectivity index (χ1v) is 14.8. The van der Waals surface area contributed by atoms with Crippen molar-refractivity contribution in [2.24, 2.45) is 11.3 Å². The number of carbonyl (C=O) groups excluding carboxylic acids is 3. The van der Waals surface area contributed by atoms with E-state index in [9.17, 15) is 27.6 Å². The molecule has 0 bridgehead atoms. The second kappa shape index (κ2) is 11.7. The van der Waals surface area contributed by atoms with Gasteiger partial charge in [-0.25, -0.2) is 0 Å². The Hall–Kier alpha value is -4.14. The van der Waals surface area contributed by atoms with E-state index in [4.69, 9.17) is 4.74 Å². The van der Waals surface area contributed by atoms with E-state index in [-0.39, 0.29) is 17.4 Å². The summed E-state index contributed by atoms with van der Waals surface area (Å²) in [4.78, 5) is 40.7.